The zero-order chi connectivity index (χ0) is 20.6. The van der Waals surface area contributed by atoms with Gasteiger partial charge in [0.25, 0.3) is 0 Å². The Labute approximate surface area is 144 Å². The molecule has 2 atom stereocenters. The van der Waals surface area contributed by atoms with Gasteiger partial charge in [0.05, 0.1) is 0 Å². The molecule has 2 rings (SSSR count). The van der Waals surface area contributed by atoms with E-state index < -0.39 is 31.9 Å². The normalized spacial score (nSPS) is 22.9. The van der Waals surface area contributed by atoms with Crippen LogP contribution in [-0.4, -0.2) is 29.9 Å². The minimum Gasteiger partial charge on any atom is -0.491 e. The second-order valence-electron chi connectivity index (χ2n) is 5.38. The van der Waals surface area contributed by atoms with Crippen molar-refractivity contribution in [1.82, 2.24) is 5.32 Å². The van der Waals surface area contributed by atoms with Gasteiger partial charge in [-0.05, 0) is 55.9 Å². The van der Waals surface area contributed by atoms with E-state index in [1.807, 2.05) is 19.1 Å². The maximum Gasteiger partial charge on any atom is 0.122 e. The summed E-state index contributed by atoms with van der Waals surface area (Å²) in [4.78, 5) is 0. The van der Waals surface area contributed by atoms with Gasteiger partial charge in [-0.15, -0.1) is 12.4 Å². The van der Waals surface area contributed by atoms with Crippen molar-refractivity contribution in [3.63, 3.8) is 0 Å². The highest BCUT2D eigenvalue weighted by atomic mass is 35.5. The molecule has 0 aromatic heterocycles. The predicted octanol–water partition coefficient (Wildman–Crippen LogP) is 3.03. The summed E-state index contributed by atoms with van der Waals surface area (Å²) in [7, 11) is 0. The number of aliphatic hydroxyl groups excluding tert-OH is 1. The summed E-state index contributed by atoms with van der Waals surface area (Å²) in [6.07, 6.45) is 1.77. The number of aryl methyl sites for hydroxylation is 1. The van der Waals surface area contributed by atoms with Crippen LogP contribution >= 0.6 is 12.4 Å². The maximum absolute atomic E-state index is 10.3. The SMILES string of the molecule is Cl.[2H]C([2H])([2H])C([2H])(N[C@H](C)[C@@H](O)COc1ccc(C)c2c1CCC2)C([2H])([2H])[2H]. The smallest absolute Gasteiger partial charge is 0.122 e. The van der Waals surface area contributed by atoms with Gasteiger partial charge in [-0.1, -0.05) is 19.8 Å². The van der Waals surface area contributed by atoms with E-state index in [0.717, 1.165) is 24.8 Å². The summed E-state index contributed by atoms with van der Waals surface area (Å²) >= 11 is 0. The Hall–Kier alpha value is -0.770. The summed E-state index contributed by atoms with van der Waals surface area (Å²) in [6.45, 7) is -2.84. The zero-order valence-electron chi connectivity index (χ0n) is 19.4. The molecular weight excluding hydrogens is 286 g/mol. The fourth-order valence-corrected chi connectivity index (χ4v) is 2.63. The van der Waals surface area contributed by atoms with Gasteiger partial charge in [0.1, 0.15) is 18.5 Å². The van der Waals surface area contributed by atoms with Gasteiger partial charge >= 0.3 is 0 Å². The lowest BCUT2D eigenvalue weighted by atomic mass is 10.0. The quantitative estimate of drug-likeness (QED) is 0.846. The molecule has 21 heavy (non-hydrogen) atoms. The highest BCUT2D eigenvalue weighted by molar-refractivity contribution is 5.85. The third-order valence-corrected chi connectivity index (χ3v) is 3.83. The zero-order valence-corrected chi connectivity index (χ0v) is 13.2. The molecule has 4 heteroatoms. The topological polar surface area (TPSA) is 41.5 Å². The molecule has 120 valence electrons. The Kier molecular flexibility index (Phi) is 3.85. The number of nitrogens with one attached hydrogen (secondary N) is 1. The molecule has 0 unspecified atom stereocenters. The van der Waals surface area contributed by atoms with Crippen LogP contribution < -0.4 is 10.1 Å². The van der Waals surface area contributed by atoms with Crippen molar-refractivity contribution >= 4 is 12.4 Å². The van der Waals surface area contributed by atoms with Crippen molar-refractivity contribution in [1.29, 1.82) is 0 Å². The minimum atomic E-state index is -3.09. The van der Waals surface area contributed by atoms with Gasteiger partial charge in [-0.25, -0.2) is 0 Å². The van der Waals surface area contributed by atoms with Crippen LogP contribution in [0.1, 0.15) is 53.3 Å². The summed E-state index contributed by atoms with van der Waals surface area (Å²) < 4.78 is 58.3. The molecule has 0 fully saturated rings. The first-order valence-corrected chi connectivity index (χ1v) is 6.98. The number of hydrogen-bond acceptors (Lipinski definition) is 3. The fraction of sp³-hybridized carbons (Fsp3) is 0.647. The molecule has 1 aromatic carbocycles. The highest BCUT2D eigenvalue weighted by Gasteiger charge is 2.20. The van der Waals surface area contributed by atoms with Gasteiger partial charge in [-0.3, -0.25) is 0 Å². The number of fused-ring (bicyclic) bond motifs is 1. The summed E-state index contributed by atoms with van der Waals surface area (Å²) in [5, 5.41) is 12.6. The standard InChI is InChI=1S/C17H27NO2.ClH/c1-11(2)18-13(4)16(19)10-20-17-9-8-12(3)14-6-5-7-15(14)17;/h8-9,11,13,16,18-19H,5-7,10H2,1-4H3;1H/t13-,16+;/m1./s1/i1D3,2D3,11D;. The number of rotatable bonds is 6. The Bertz CT molecular complexity index is 665. The van der Waals surface area contributed by atoms with E-state index in [1.54, 1.807) is 0 Å². The number of aliphatic hydroxyl groups is 1. The molecule has 2 N–H and O–H groups in total. The molecule has 0 aliphatic heterocycles. The van der Waals surface area contributed by atoms with Crippen LogP contribution in [0.3, 0.4) is 0 Å². The number of benzene rings is 1. The molecule has 0 saturated carbocycles. The van der Waals surface area contributed by atoms with Crippen molar-refractivity contribution < 1.29 is 19.4 Å². The first-order valence-electron chi connectivity index (χ1n) is 10.5. The van der Waals surface area contributed by atoms with Crippen LogP contribution in [0.5, 0.6) is 5.75 Å². The number of hydrogen-bond donors (Lipinski definition) is 2. The van der Waals surface area contributed by atoms with E-state index >= 15 is 0 Å². The molecule has 0 heterocycles. The summed E-state index contributed by atoms with van der Waals surface area (Å²) in [5.41, 5.74) is 3.60. The molecule has 3 nitrogen and oxygen atoms in total. The molecule has 1 aromatic rings. The highest BCUT2D eigenvalue weighted by Crippen LogP contribution is 2.33. The minimum absolute atomic E-state index is 0. The second-order valence-corrected chi connectivity index (χ2v) is 5.38. The van der Waals surface area contributed by atoms with E-state index in [1.165, 1.54) is 18.1 Å². The lowest BCUT2D eigenvalue weighted by Gasteiger charge is -2.23. The first kappa shape index (κ1) is 10.1. The molecule has 0 saturated heterocycles. The van der Waals surface area contributed by atoms with E-state index in [4.69, 9.17) is 14.3 Å². The molecular formula is C17H28ClNO2. The lowest BCUT2D eigenvalue weighted by molar-refractivity contribution is 0.0755. The second kappa shape index (κ2) is 8.02. The Balaban J connectivity index is 0.00000392. The largest absolute Gasteiger partial charge is 0.491 e. The van der Waals surface area contributed by atoms with Crippen molar-refractivity contribution in [2.45, 2.75) is 65.0 Å². The number of ether oxygens (including phenoxy) is 1. The fourth-order valence-electron chi connectivity index (χ4n) is 2.63. The first-order chi connectivity index (χ1) is 12.3. The van der Waals surface area contributed by atoms with Crippen molar-refractivity contribution in [3.8, 4) is 5.75 Å². The van der Waals surface area contributed by atoms with Crippen LogP contribution in [0.2, 0.25) is 0 Å². The Morgan fingerprint density at radius 2 is 2.10 bits per heavy atom. The van der Waals surface area contributed by atoms with Gasteiger partial charge in [0, 0.05) is 21.7 Å². The average molecular weight is 321 g/mol. The molecule has 0 radical (unpaired) electrons. The van der Waals surface area contributed by atoms with Crippen LogP contribution in [0.4, 0.5) is 0 Å². The third-order valence-electron chi connectivity index (χ3n) is 3.83. The van der Waals surface area contributed by atoms with Crippen LogP contribution in [0.15, 0.2) is 12.1 Å². The summed E-state index contributed by atoms with van der Waals surface area (Å²) in [5.74, 6) is 0.683. The van der Waals surface area contributed by atoms with Crippen LogP contribution in [0, 0.1) is 6.92 Å². The number of halogens is 1. The van der Waals surface area contributed by atoms with Crippen molar-refractivity contribution in [2.24, 2.45) is 0 Å². The monoisotopic (exact) mass is 320 g/mol. The van der Waals surface area contributed by atoms with E-state index in [-0.39, 0.29) is 19.0 Å². The maximum atomic E-state index is 10.3. The van der Waals surface area contributed by atoms with Crippen molar-refractivity contribution in [3.05, 3.63) is 28.8 Å². The lowest BCUT2D eigenvalue weighted by Crippen LogP contribution is -2.43. The van der Waals surface area contributed by atoms with E-state index in [0.29, 0.717) is 5.75 Å². The average Bonchev–Trinajstić information content (AvgIpc) is 3.02. The third kappa shape index (κ3) is 4.60. The molecule has 1 aliphatic rings. The van der Waals surface area contributed by atoms with Gasteiger partial charge in [0.15, 0.2) is 0 Å². The van der Waals surface area contributed by atoms with Crippen LogP contribution in [0.25, 0.3) is 0 Å². The van der Waals surface area contributed by atoms with Crippen LogP contribution in [-0.2, 0) is 12.8 Å². The van der Waals surface area contributed by atoms with Gasteiger partial charge < -0.3 is 15.2 Å². The Morgan fingerprint density at radius 3 is 2.81 bits per heavy atom. The van der Waals surface area contributed by atoms with E-state index in [9.17, 15) is 5.11 Å². The Morgan fingerprint density at radius 1 is 1.38 bits per heavy atom. The van der Waals surface area contributed by atoms with Gasteiger partial charge in [-0.2, -0.15) is 0 Å². The van der Waals surface area contributed by atoms with E-state index in [2.05, 4.69) is 5.32 Å². The predicted molar refractivity (Wildman–Crippen MR) is 89.7 cm³/mol. The summed E-state index contributed by atoms with van der Waals surface area (Å²) in [6, 6.07) is -0.0389. The molecule has 0 spiro atoms. The van der Waals surface area contributed by atoms with Crippen molar-refractivity contribution in [2.75, 3.05) is 6.61 Å². The molecule has 0 bridgehead atoms. The molecule has 0 amide bonds. The molecule has 1 aliphatic carbocycles. The van der Waals surface area contributed by atoms with Gasteiger partial charge in [0.2, 0.25) is 0 Å².